The number of piperidine rings is 1. The lowest BCUT2D eigenvalue weighted by Crippen LogP contribution is -2.32. The molecule has 1 aliphatic rings. The molecule has 1 aliphatic heterocycles. The predicted octanol–water partition coefficient (Wildman–Crippen LogP) is 2.39. The Kier molecular flexibility index (Phi) is 6.88. The number of halogens is 3. The summed E-state index contributed by atoms with van der Waals surface area (Å²) in [6.07, 6.45) is 2.53. The maximum atomic E-state index is 13.0. The second-order valence-electron chi connectivity index (χ2n) is 4.92. The van der Waals surface area contributed by atoms with Crippen molar-refractivity contribution in [2.24, 2.45) is 5.92 Å². The molecule has 0 aliphatic carbocycles. The summed E-state index contributed by atoms with van der Waals surface area (Å²) in [7, 11) is 0. The predicted molar refractivity (Wildman–Crippen MR) is 75.7 cm³/mol. The molecule has 6 heteroatoms. The molecule has 1 fully saturated rings. The van der Waals surface area contributed by atoms with Crippen LogP contribution in [0.15, 0.2) is 18.2 Å². The summed E-state index contributed by atoms with van der Waals surface area (Å²) >= 11 is 0. The van der Waals surface area contributed by atoms with Crippen molar-refractivity contribution in [3.05, 3.63) is 35.4 Å². The molecule has 1 aromatic carbocycles. The van der Waals surface area contributed by atoms with Crippen LogP contribution in [0.4, 0.5) is 8.78 Å². The molecule has 1 amide bonds. The standard InChI is InChI=1S/C14H18F2N2O.ClH/c15-12-2-1-11(7-13(12)16)9-18-14(19)8-10-3-5-17-6-4-10;/h1-2,7,10,17H,3-6,8-9H2,(H,18,19);1H. The van der Waals surface area contributed by atoms with E-state index in [9.17, 15) is 13.6 Å². The van der Waals surface area contributed by atoms with Gasteiger partial charge in [0.1, 0.15) is 0 Å². The van der Waals surface area contributed by atoms with Crippen LogP contribution in [-0.2, 0) is 11.3 Å². The van der Waals surface area contributed by atoms with Crippen molar-refractivity contribution < 1.29 is 13.6 Å². The Morgan fingerprint density at radius 3 is 2.60 bits per heavy atom. The molecule has 112 valence electrons. The largest absolute Gasteiger partial charge is 0.352 e. The van der Waals surface area contributed by atoms with Gasteiger partial charge < -0.3 is 10.6 Å². The topological polar surface area (TPSA) is 41.1 Å². The molecule has 0 unspecified atom stereocenters. The van der Waals surface area contributed by atoms with Gasteiger partial charge in [0.05, 0.1) is 0 Å². The Labute approximate surface area is 123 Å². The number of hydrogen-bond acceptors (Lipinski definition) is 2. The molecule has 1 saturated heterocycles. The van der Waals surface area contributed by atoms with Gasteiger partial charge in [0.2, 0.25) is 5.91 Å². The molecule has 0 saturated carbocycles. The van der Waals surface area contributed by atoms with Gasteiger partial charge in [0.15, 0.2) is 11.6 Å². The van der Waals surface area contributed by atoms with Crippen molar-refractivity contribution in [2.75, 3.05) is 13.1 Å². The van der Waals surface area contributed by atoms with Crippen molar-refractivity contribution in [3.63, 3.8) is 0 Å². The van der Waals surface area contributed by atoms with E-state index in [0.717, 1.165) is 38.1 Å². The summed E-state index contributed by atoms with van der Waals surface area (Å²) in [6.45, 7) is 2.16. The average Bonchev–Trinajstić information content (AvgIpc) is 2.41. The van der Waals surface area contributed by atoms with Crippen LogP contribution in [0.2, 0.25) is 0 Å². The molecule has 3 nitrogen and oxygen atoms in total. The smallest absolute Gasteiger partial charge is 0.220 e. The van der Waals surface area contributed by atoms with Gasteiger partial charge in [-0.05, 0) is 49.5 Å². The van der Waals surface area contributed by atoms with Crippen LogP contribution in [0.5, 0.6) is 0 Å². The van der Waals surface area contributed by atoms with Crippen LogP contribution in [0, 0.1) is 17.6 Å². The van der Waals surface area contributed by atoms with Crippen LogP contribution in [0.1, 0.15) is 24.8 Å². The van der Waals surface area contributed by atoms with Gasteiger partial charge in [-0.3, -0.25) is 4.79 Å². The van der Waals surface area contributed by atoms with Crippen LogP contribution in [0.25, 0.3) is 0 Å². The minimum atomic E-state index is -0.884. The van der Waals surface area contributed by atoms with Gasteiger partial charge in [-0.25, -0.2) is 8.78 Å². The van der Waals surface area contributed by atoms with Gasteiger partial charge in [-0.1, -0.05) is 6.07 Å². The number of carbonyl (C=O) groups is 1. The highest BCUT2D eigenvalue weighted by atomic mass is 35.5. The Bertz CT molecular complexity index is 451. The van der Waals surface area contributed by atoms with Gasteiger partial charge in [-0.15, -0.1) is 12.4 Å². The summed E-state index contributed by atoms with van der Waals surface area (Å²) in [5.74, 6) is -1.36. The number of amides is 1. The van der Waals surface area contributed by atoms with E-state index >= 15 is 0 Å². The Morgan fingerprint density at radius 1 is 1.25 bits per heavy atom. The number of benzene rings is 1. The Hall–Kier alpha value is -1.20. The Balaban J connectivity index is 0.00000200. The molecular weight excluding hydrogens is 286 g/mol. The molecule has 20 heavy (non-hydrogen) atoms. The molecule has 1 heterocycles. The molecule has 2 rings (SSSR count). The van der Waals surface area contributed by atoms with E-state index < -0.39 is 11.6 Å². The minimum Gasteiger partial charge on any atom is -0.352 e. The van der Waals surface area contributed by atoms with Crippen LogP contribution < -0.4 is 10.6 Å². The first-order chi connectivity index (χ1) is 9.15. The third kappa shape index (κ3) is 5.06. The maximum absolute atomic E-state index is 13.0. The normalized spacial score (nSPS) is 15.5. The fourth-order valence-electron chi connectivity index (χ4n) is 2.27. The number of nitrogens with one attached hydrogen (secondary N) is 2. The number of carbonyl (C=O) groups excluding carboxylic acids is 1. The SMILES string of the molecule is Cl.O=C(CC1CCNCC1)NCc1ccc(F)c(F)c1. The fraction of sp³-hybridized carbons (Fsp3) is 0.500. The van der Waals surface area contributed by atoms with E-state index in [1.54, 1.807) is 0 Å². The monoisotopic (exact) mass is 304 g/mol. The van der Waals surface area contributed by atoms with Gasteiger partial charge in [-0.2, -0.15) is 0 Å². The molecule has 0 bridgehead atoms. The highest BCUT2D eigenvalue weighted by Gasteiger charge is 2.16. The summed E-state index contributed by atoms with van der Waals surface area (Å²) in [5.41, 5.74) is 0.567. The molecular formula is C14H19ClF2N2O. The van der Waals surface area contributed by atoms with E-state index in [0.29, 0.717) is 17.9 Å². The maximum Gasteiger partial charge on any atom is 0.220 e. The average molecular weight is 305 g/mol. The molecule has 0 aromatic heterocycles. The van der Waals surface area contributed by atoms with E-state index in [1.807, 2.05) is 0 Å². The van der Waals surface area contributed by atoms with Gasteiger partial charge >= 0.3 is 0 Å². The second-order valence-corrected chi connectivity index (χ2v) is 4.92. The molecule has 0 radical (unpaired) electrons. The molecule has 0 atom stereocenters. The molecule has 0 spiro atoms. The first kappa shape index (κ1) is 16.9. The third-order valence-electron chi connectivity index (χ3n) is 3.41. The third-order valence-corrected chi connectivity index (χ3v) is 3.41. The van der Waals surface area contributed by atoms with E-state index in [-0.39, 0.29) is 24.9 Å². The lowest BCUT2D eigenvalue weighted by atomic mass is 9.94. The fourth-order valence-corrected chi connectivity index (χ4v) is 2.27. The van der Waals surface area contributed by atoms with Gasteiger partial charge in [0.25, 0.3) is 0 Å². The van der Waals surface area contributed by atoms with Crippen molar-refractivity contribution >= 4 is 18.3 Å². The first-order valence-electron chi connectivity index (χ1n) is 6.56. The first-order valence-corrected chi connectivity index (χ1v) is 6.56. The number of rotatable bonds is 4. The van der Waals surface area contributed by atoms with Gasteiger partial charge in [0, 0.05) is 13.0 Å². The van der Waals surface area contributed by atoms with Crippen molar-refractivity contribution in [1.82, 2.24) is 10.6 Å². The minimum absolute atomic E-state index is 0. The summed E-state index contributed by atoms with van der Waals surface area (Å²) < 4.78 is 25.7. The van der Waals surface area contributed by atoms with E-state index in [1.165, 1.54) is 6.07 Å². The van der Waals surface area contributed by atoms with E-state index in [4.69, 9.17) is 0 Å². The molecule has 1 aromatic rings. The zero-order valence-electron chi connectivity index (χ0n) is 11.1. The summed E-state index contributed by atoms with van der Waals surface area (Å²) in [4.78, 5) is 11.7. The summed E-state index contributed by atoms with van der Waals surface area (Å²) in [6, 6.07) is 3.66. The zero-order valence-corrected chi connectivity index (χ0v) is 11.9. The quantitative estimate of drug-likeness (QED) is 0.897. The lowest BCUT2D eigenvalue weighted by molar-refractivity contribution is -0.122. The van der Waals surface area contributed by atoms with Crippen molar-refractivity contribution in [2.45, 2.75) is 25.8 Å². The highest BCUT2D eigenvalue weighted by molar-refractivity contribution is 5.85. The molecule has 2 N–H and O–H groups in total. The van der Waals surface area contributed by atoms with Crippen LogP contribution in [0.3, 0.4) is 0 Å². The lowest BCUT2D eigenvalue weighted by Gasteiger charge is -2.21. The van der Waals surface area contributed by atoms with E-state index in [2.05, 4.69) is 10.6 Å². The van der Waals surface area contributed by atoms with Crippen LogP contribution >= 0.6 is 12.4 Å². The van der Waals surface area contributed by atoms with Crippen LogP contribution in [-0.4, -0.2) is 19.0 Å². The highest BCUT2D eigenvalue weighted by Crippen LogP contribution is 2.15. The van der Waals surface area contributed by atoms with Crippen molar-refractivity contribution in [1.29, 1.82) is 0 Å². The number of hydrogen-bond donors (Lipinski definition) is 2. The Morgan fingerprint density at radius 2 is 1.95 bits per heavy atom. The summed E-state index contributed by atoms with van der Waals surface area (Å²) in [5, 5.41) is 5.99. The second kappa shape index (κ2) is 8.17. The zero-order chi connectivity index (χ0) is 13.7. The van der Waals surface area contributed by atoms with Crippen molar-refractivity contribution in [3.8, 4) is 0 Å².